The molecule has 3 nitrogen and oxygen atoms in total. The summed E-state index contributed by atoms with van der Waals surface area (Å²) in [7, 11) is 0. The van der Waals surface area contributed by atoms with Gasteiger partial charge < -0.3 is 10.6 Å². The number of nitrogens with zero attached hydrogens (tertiary/aromatic N) is 1. The van der Waals surface area contributed by atoms with Crippen LogP contribution in [0.5, 0.6) is 0 Å². The van der Waals surface area contributed by atoms with Crippen LogP contribution in [0.4, 0.5) is 0 Å². The molecule has 0 aromatic carbocycles. The van der Waals surface area contributed by atoms with E-state index in [1.54, 1.807) is 11.3 Å². The van der Waals surface area contributed by atoms with Crippen LogP contribution in [0.1, 0.15) is 18.9 Å². The summed E-state index contributed by atoms with van der Waals surface area (Å²) in [6.07, 6.45) is 1.87. The Morgan fingerprint density at radius 3 is 2.93 bits per heavy atom. The van der Waals surface area contributed by atoms with E-state index in [4.69, 9.17) is 0 Å². The van der Waals surface area contributed by atoms with Crippen LogP contribution in [0.3, 0.4) is 0 Å². The quantitative estimate of drug-likeness (QED) is 0.785. The largest absolute Gasteiger partial charge is 0.316 e. The molecule has 1 fully saturated rings. The molecule has 0 spiro atoms. The van der Waals surface area contributed by atoms with Gasteiger partial charge in [-0.25, -0.2) is 4.98 Å². The molecule has 4 heteroatoms. The number of hydrogen-bond donors (Lipinski definition) is 2. The van der Waals surface area contributed by atoms with E-state index in [0.29, 0.717) is 0 Å². The van der Waals surface area contributed by atoms with Crippen LogP contribution in [0, 0.1) is 5.92 Å². The third kappa shape index (κ3) is 2.13. The van der Waals surface area contributed by atoms with E-state index in [0.717, 1.165) is 25.6 Å². The van der Waals surface area contributed by atoms with Crippen LogP contribution in [0.15, 0.2) is 11.6 Å². The molecule has 14 heavy (non-hydrogen) atoms. The maximum Gasteiger partial charge on any atom is 0.112 e. The monoisotopic (exact) mass is 211 g/mol. The van der Waals surface area contributed by atoms with Crippen molar-refractivity contribution >= 4 is 11.3 Å². The summed E-state index contributed by atoms with van der Waals surface area (Å²) in [6, 6.07) is 0. The van der Waals surface area contributed by atoms with Gasteiger partial charge >= 0.3 is 0 Å². The van der Waals surface area contributed by atoms with E-state index in [1.807, 2.05) is 11.6 Å². The van der Waals surface area contributed by atoms with Crippen LogP contribution in [-0.4, -0.2) is 24.6 Å². The van der Waals surface area contributed by atoms with E-state index in [1.165, 1.54) is 5.01 Å². The second-order valence-electron chi connectivity index (χ2n) is 4.37. The van der Waals surface area contributed by atoms with E-state index in [2.05, 4.69) is 29.5 Å². The molecular formula is C10H17N3S. The number of thiazole rings is 1. The van der Waals surface area contributed by atoms with Crippen molar-refractivity contribution in [1.29, 1.82) is 0 Å². The van der Waals surface area contributed by atoms with E-state index >= 15 is 0 Å². The van der Waals surface area contributed by atoms with Crippen LogP contribution in [-0.2, 0) is 5.54 Å². The predicted molar refractivity (Wildman–Crippen MR) is 59.5 cm³/mol. The average molecular weight is 211 g/mol. The highest BCUT2D eigenvalue weighted by molar-refractivity contribution is 7.09. The minimum Gasteiger partial charge on any atom is -0.316 e. The smallest absolute Gasteiger partial charge is 0.112 e. The number of aromatic nitrogens is 1. The lowest BCUT2D eigenvalue weighted by molar-refractivity contribution is 0.286. The molecule has 1 aromatic heterocycles. The molecule has 78 valence electrons. The zero-order valence-electron chi connectivity index (χ0n) is 8.71. The maximum atomic E-state index is 4.35. The van der Waals surface area contributed by atoms with E-state index in [-0.39, 0.29) is 5.54 Å². The maximum absolute atomic E-state index is 4.35. The molecule has 1 aromatic rings. The second kappa shape index (κ2) is 3.96. The van der Waals surface area contributed by atoms with E-state index in [9.17, 15) is 0 Å². The average Bonchev–Trinajstić information content (AvgIpc) is 2.52. The Morgan fingerprint density at radius 2 is 2.43 bits per heavy atom. The Balaban J connectivity index is 1.88. The Labute approximate surface area is 88.9 Å². The van der Waals surface area contributed by atoms with E-state index < -0.39 is 0 Å². The lowest BCUT2D eigenvalue weighted by Crippen LogP contribution is -2.50. The van der Waals surface area contributed by atoms with Crippen molar-refractivity contribution in [2.75, 3.05) is 19.6 Å². The molecule has 1 aliphatic rings. The minimum absolute atomic E-state index is 0.0176. The van der Waals surface area contributed by atoms with Crippen molar-refractivity contribution in [3.05, 3.63) is 16.6 Å². The van der Waals surface area contributed by atoms with Crippen molar-refractivity contribution in [1.82, 2.24) is 15.6 Å². The highest BCUT2D eigenvalue weighted by Gasteiger charge is 2.25. The molecule has 1 aliphatic heterocycles. The number of rotatable bonds is 4. The first-order valence-corrected chi connectivity index (χ1v) is 5.92. The molecule has 2 heterocycles. The van der Waals surface area contributed by atoms with Crippen molar-refractivity contribution in [3.63, 3.8) is 0 Å². The van der Waals surface area contributed by atoms with Crippen molar-refractivity contribution in [3.8, 4) is 0 Å². The molecule has 1 saturated heterocycles. The fourth-order valence-corrected chi connectivity index (χ4v) is 2.24. The zero-order valence-corrected chi connectivity index (χ0v) is 9.53. The molecule has 2 rings (SSSR count). The fraction of sp³-hybridized carbons (Fsp3) is 0.700. The summed E-state index contributed by atoms with van der Waals surface area (Å²) in [6.45, 7) is 7.78. The number of hydrogen-bond acceptors (Lipinski definition) is 4. The highest BCUT2D eigenvalue weighted by Crippen LogP contribution is 2.22. The third-order valence-electron chi connectivity index (χ3n) is 2.67. The molecule has 0 radical (unpaired) electrons. The predicted octanol–water partition coefficient (Wildman–Crippen LogP) is 1.19. The Hall–Kier alpha value is -0.450. The van der Waals surface area contributed by atoms with Crippen LogP contribution in [0.25, 0.3) is 0 Å². The van der Waals surface area contributed by atoms with Crippen LogP contribution >= 0.6 is 11.3 Å². The van der Waals surface area contributed by atoms with Gasteiger partial charge in [-0.3, -0.25) is 0 Å². The molecule has 0 amide bonds. The van der Waals surface area contributed by atoms with Gasteiger partial charge in [-0.15, -0.1) is 11.3 Å². The fourth-order valence-electron chi connectivity index (χ4n) is 1.50. The number of nitrogens with one attached hydrogen (secondary N) is 2. The summed E-state index contributed by atoms with van der Waals surface area (Å²) in [5.74, 6) is 0.800. The summed E-state index contributed by atoms with van der Waals surface area (Å²) in [5.41, 5.74) is 0.0176. The first-order chi connectivity index (χ1) is 6.68. The molecular weight excluding hydrogens is 194 g/mol. The normalized spacial score (nSPS) is 18.1. The summed E-state index contributed by atoms with van der Waals surface area (Å²) < 4.78 is 0. The topological polar surface area (TPSA) is 37.0 Å². The van der Waals surface area contributed by atoms with Gasteiger partial charge in [0.25, 0.3) is 0 Å². The molecule has 0 atom stereocenters. The molecule has 0 aliphatic carbocycles. The highest BCUT2D eigenvalue weighted by atomic mass is 32.1. The van der Waals surface area contributed by atoms with Gasteiger partial charge in [0, 0.05) is 31.2 Å². The second-order valence-corrected chi connectivity index (χ2v) is 5.26. The van der Waals surface area contributed by atoms with Gasteiger partial charge in [0.1, 0.15) is 5.01 Å². The van der Waals surface area contributed by atoms with Crippen molar-refractivity contribution < 1.29 is 0 Å². The Morgan fingerprint density at radius 1 is 1.64 bits per heavy atom. The van der Waals surface area contributed by atoms with Gasteiger partial charge in [0.05, 0.1) is 5.54 Å². The lowest BCUT2D eigenvalue weighted by Gasteiger charge is -2.32. The molecule has 0 saturated carbocycles. The van der Waals surface area contributed by atoms with Gasteiger partial charge in [0.2, 0.25) is 0 Å². The van der Waals surface area contributed by atoms with Gasteiger partial charge in [-0.2, -0.15) is 0 Å². The molecule has 2 N–H and O–H groups in total. The van der Waals surface area contributed by atoms with Crippen LogP contribution in [0.2, 0.25) is 0 Å². The summed E-state index contributed by atoms with van der Waals surface area (Å²) in [5, 5.41) is 10.1. The third-order valence-corrected chi connectivity index (χ3v) is 3.76. The lowest BCUT2D eigenvalue weighted by atomic mass is 10.0. The van der Waals surface area contributed by atoms with Gasteiger partial charge in [0.15, 0.2) is 0 Å². The zero-order chi connectivity index (χ0) is 10.0. The summed E-state index contributed by atoms with van der Waals surface area (Å²) in [4.78, 5) is 4.35. The summed E-state index contributed by atoms with van der Waals surface area (Å²) >= 11 is 1.72. The van der Waals surface area contributed by atoms with Crippen molar-refractivity contribution in [2.24, 2.45) is 5.92 Å². The Bertz CT molecular complexity index is 278. The molecule has 0 bridgehead atoms. The van der Waals surface area contributed by atoms with Crippen LogP contribution < -0.4 is 10.6 Å². The van der Waals surface area contributed by atoms with Gasteiger partial charge in [-0.05, 0) is 19.8 Å². The molecule has 0 unspecified atom stereocenters. The Kier molecular flexibility index (Phi) is 2.85. The standard InChI is InChI=1S/C10H17N3S/c1-10(2,9-12-3-4-14-9)13-7-8-5-11-6-8/h3-4,8,11,13H,5-7H2,1-2H3. The SMILES string of the molecule is CC(C)(NCC1CNC1)c1nccs1. The van der Waals surface area contributed by atoms with Crippen molar-refractivity contribution in [2.45, 2.75) is 19.4 Å². The van der Waals surface area contributed by atoms with Gasteiger partial charge in [-0.1, -0.05) is 0 Å². The first kappa shape index (κ1) is 10.1. The minimum atomic E-state index is 0.0176. The first-order valence-electron chi connectivity index (χ1n) is 5.04.